The number of ether oxygens (including phenoxy) is 1. The lowest BCUT2D eigenvalue weighted by molar-refractivity contribution is -0.119. The Balaban J connectivity index is 1.85. The number of hydrogen-bond acceptors (Lipinski definition) is 4. The molecule has 27 heavy (non-hydrogen) atoms. The van der Waals surface area contributed by atoms with Crippen LogP contribution in [0.2, 0.25) is 0 Å². The summed E-state index contributed by atoms with van der Waals surface area (Å²) in [5.74, 6) is -0.285. The lowest BCUT2D eigenvalue weighted by Gasteiger charge is -2.19. The SMILES string of the molecule is CCOC(=O)c1ccc(-c2ccccc2)c(CN2CCC(NC(C)=O)C2)c1. The molecule has 0 aromatic heterocycles. The summed E-state index contributed by atoms with van der Waals surface area (Å²) in [4.78, 5) is 25.8. The smallest absolute Gasteiger partial charge is 0.338 e. The summed E-state index contributed by atoms with van der Waals surface area (Å²) in [7, 11) is 0. The van der Waals surface area contributed by atoms with E-state index in [2.05, 4.69) is 22.3 Å². The summed E-state index contributed by atoms with van der Waals surface area (Å²) in [6, 6.07) is 16.1. The molecule has 5 nitrogen and oxygen atoms in total. The molecule has 1 saturated heterocycles. The normalized spacial score (nSPS) is 16.9. The molecule has 1 amide bonds. The quantitative estimate of drug-likeness (QED) is 0.798. The molecule has 1 aliphatic rings. The number of likely N-dealkylation sites (tertiary alicyclic amines) is 1. The zero-order valence-electron chi connectivity index (χ0n) is 15.9. The Morgan fingerprint density at radius 2 is 1.96 bits per heavy atom. The molecule has 0 saturated carbocycles. The summed E-state index contributed by atoms with van der Waals surface area (Å²) < 4.78 is 5.16. The number of esters is 1. The van der Waals surface area contributed by atoms with Crippen molar-refractivity contribution in [1.82, 2.24) is 10.2 Å². The maximum absolute atomic E-state index is 12.2. The predicted molar refractivity (Wildman–Crippen MR) is 105 cm³/mol. The van der Waals surface area contributed by atoms with E-state index < -0.39 is 0 Å². The summed E-state index contributed by atoms with van der Waals surface area (Å²) in [6.07, 6.45) is 0.942. The molecular weight excluding hydrogens is 340 g/mol. The van der Waals surface area contributed by atoms with Gasteiger partial charge in [-0.15, -0.1) is 0 Å². The standard InChI is InChI=1S/C22H26N2O3/c1-3-27-22(26)18-9-10-21(17-7-5-4-6-8-17)19(13-18)14-24-12-11-20(15-24)23-16(2)25/h4-10,13,20H,3,11-12,14-15H2,1-2H3,(H,23,25). The van der Waals surface area contributed by atoms with Gasteiger partial charge >= 0.3 is 5.97 Å². The van der Waals surface area contributed by atoms with E-state index in [1.54, 1.807) is 6.92 Å². The Bertz CT molecular complexity index is 804. The van der Waals surface area contributed by atoms with Gasteiger partial charge in [0, 0.05) is 32.6 Å². The summed E-state index contributed by atoms with van der Waals surface area (Å²) in [5.41, 5.74) is 3.91. The van der Waals surface area contributed by atoms with Crippen LogP contribution in [0.4, 0.5) is 0 Å². The molecule has 1 N–H and O–H groups in total. The van der Waals surface area contributed by atoms with E-state index in [0.29, 0.717) is 12.2 Å². The van der Waals surface area contributed by atoms with E-state index >= 15 is 0 Å². The van der Waals surface area contributed by atoms with Crippen molar-refractivity contribution in [2.75, 3.05) is 19.7 Å². The van der Waals surface area contributed by atoms with Gasteiger partial charge in [0.05, 0.1) is 12.2 Å². The van der Waals surface area contributed by atoms with Crippen molar-refractivity contribution in [3.8, 4) is 11.1 Å². The van der Waals surface area contributed by atoms with Crippen molar-refractivity contribution in [2.24, 2.45) is 0 Å². The zero-order chi connectivity index (χ0) is 19.2. The average molecular weight is 366 g/mol. The maximum atomic E-state index is 12.2. The van der Waals surface area contributed by atoms with Gasteiger partial charge in [0.15, 0.2) is 0 Å². The third kappa shape index (κ3) is 4.95. The summed E-state index contributed by atoms with van der Waals surface area (Å²) in [5, 5.41) is 3.00. The van der Waals surface area contributed by atoms with Crippen molar-refractivity contribution in [3.05, 3.63) is 59.7 Å². The maximum Gasteiger partial charge on any atom is 0.338 e. The molecular formula is C22H26N2O3. The molecule has 2 aromatic rings. The highest BCUT2D eigenvalue weighted by Crippen LogP contribution is 2.27. The first-order valence-electron chi connectivity index (χ1n) is 9.41. The van der Waals surface area contributed by atoms with E-state index in [1.165, 1.54) is 0 Å². The van der Waals surface area contributed by atoms with Crippen LogP contribution in [0, 0.1) is 0 Å². The Labute approximate surface area is 160 Å². The number of rotatable bonds is 6. The Kier molecular flexibility index (Phi) is 6.24. The zero-order valence-corrected chi connectivity index (χ0v) is 15.9. The highest BCUT2D eigenvalue weighted by atomic mass is 16.5. The molecule has 5 heteroatoms. The molecule has 1 atom stereocenters. The van der Waals surface area contributed by atoms with Crippen LogP contribution in [0.3, 0.4) is 0 Å². The van der Waals surface area contributed by atoms with E-state index in [4.69, 9.17) is 4.74 Å². The predicted octanol–water partition coefficient (Wildman–Crippen LogP) is 3.24. The van der Waals surface area contributed by atoms with Gasteiger partial charge in [0.1, 0.15) is 0 Å². The molecule has 3 rings (SSSR count). The number of benzene rings is 2. The molecule has 0 bridgehead atoms. The van der Waals surface area contributed by atoms with Crippen LogP contribution in [-0.2, 0) is 16.1 Å². The number of carbonyl (C=O) groups excluding carboxylic acids is 2. The lowest BCUT2D eigenvalue weighted by Crippen LogP contribution is -2.35. The minimum atomic E-state index is -0.295. The number of nitrogens with one attached hydrogen (secondary N) is 1. The lowest BCUT2D eigenvalue weighted by atomic mass is 9.97. The van der Waals surface area contributed by atoms with E-state index in [1.807, 2.05) is 43.3 Å². The van der Waals surface area contributed by atoms with Gasteiger partial charge in [-0.05, 0) is 42.2 Å². The molecule has 2 aromatic carbocycles. The van der Waals surface area contributed by atoms with Gasteiger partial charge in [0.25, 0.3) is 0 Å². The fourth-order valence-corrected chi connectivity index (χ4v) is 3.59. The molecule has 0 aliphatic carbocycles. The number of amides is 1. The fourth-order valence-electron chi connectivity index (χ4n) is 3.59. The van der Waals surface area contributed by atoms with E-state index in [0.717, 1.165) is 42.7 Å². The highest BCUT2D eigenvalue weighted by Gasteiger charge is 2.24. The van der Waals surface area contributed by atoms with Crippen molar-refractivity contribution >= 4 is 11.9 Å². The van der Waals surface area contributed by atoms with Gasteiger partial charge in [0.2, 0.25) is 5.91 Å². The molecule has 1 aliphatic heterocycles. The van der Waals surface area contributed by atoms with Crippen LogP contribution in [-0.4, -0.2) is 42.5 Å². The third-order valence-corrected chi connectivity index (χ3v) is 4.77. The summed E-state index contributed by atoms with van der Waals surface area (Å²) in [6.45, 7) is 6.19. The highest BCUT2D eigenvalue weighted by molar-refractivity contribution is 5.90. The number of hydrogen-bond donors (Lipinski definition) is 1. The first-order valence-corrected chi connectivity index (χ1v) is 9.41. The Morgan fingerprint density at radius 1 is 1.19 bits per heavy atom. The molecule has 0 radical (unpaired) electrons. The molecule has 1 unspecified atom stereocenters. The second-order valence-corrected chi connectivity index (χ2v) is 6.88. The van der Waals surface area contributed by atoms with Gasteiger partial charge in [-0.2, -0.15) is 0 Å². The number of nitrogens with zero attached hydrogens (tertiary/aromatic N) is 1. The van der Waals surface area contributed by atoms with Crippen LogP contribution in [0.15, 0.2) is 48.5 Å². The van der Waals surface area contributed by atoms with Gasteiger partial charge in [-0.25, -0.2) is 4.79 Å². The van der Waals surface area contributed by atoms with Gasteiger partial charge in [-0.3, -0.25) is 9.69 Å². The minimum absolute atomic E-state index is 0.0103. The Morgan fingerprint density at radius 3 is 2.67 bits per heavy atom. The van der Waals surface area contributed by atoms with Crippen molar-refractivity contribution < 1.29 is 14.3 Å². The third-order valence-electron chi connectivity index (χ3n) is 4.77. The van der Waals surface area contributed by atoms with Crippen molar-refractivity contribution in [3.63, 3.8) is 0 Å². The first kappa shape index (κ1) is 19.1. The van der Waals surface area contributed by atoms with Crippen molar-refractivity contribution in [1.29, 1.82) is 0 Å². The van der Waals surface area contributed by atoms with E-state index in [9.17, 15) is 9.59 Å². The Hall–Kier alpha value is -2.66. The molecule has 1 heterocycles. The van der Waals surface area contributed by atoms with Crippen LogP contribution < -0.4 is 5.32 Å². The second kappa shape index (κ2) is 8.82. The minimum Gasteiger partial charge on any atom is -0.462 e. The van der Waals surface area contributed by atoms with Gasteiger partial charge in [-0.1, -0.05) is 36.4 Å². The topological polar surface area (TPSA) is 58.6 Å². The summed E-state index contributed by atoms with van der Waals surface area (Å²) >= 11 is 0. The monoisotopic (exact) mass is 366 g/mol. The van der Waals surface area contributed by atoms with Crippen LogP contribution in [0.5, 0.6) is 0 Å². The first-order chi connectivity index (χ1) is 13.1. The van der Waals surface area contributed by atoms with Crippen LogP contribution in [0.1, 0.15) is 36.2 Å². The largest absolute Gasteiger partial charge is 0.462 e. The van der Waals surface area contributed by atoms with Crippen LogP contribution in [0.25, 0.3) is 11.1 Å². The van der Waals surface area contributed by atoms with Crippen LogP contribution >= 0.6 is 0 Å². The molecule has 1 fully saturated rings. The molecule has 142 valence electrons. The van der Waals surface area contributed by atoms with Crippen molar-refractivity contribution in [2.45, 2.75) is 32.9 Å². The fraction of sp³-hybridized carbons (Fsp3) is 0.364. The molecule has 0 spiro atoms. The second-order valence-electron chi connectivity index (χ2n) is 6.88. The number of carbonyl (C=O) groups is 2. The van der Waals surface area contributed by atoms with Gasteiger partial charge < -0.3 is 10.1 Å². The average Bonchev–Trinajstić information content (AvgIpc) is 3.08. The van der Waals surface area contributed by atoms with E-state index in [-0.39, 0.29) is 17.9 Å².